The van der Waals surface area contributed by atoms with Crippen molar-refractivity contribution < 1.29 is 52.0 Å². The molecular formula is C23H38N5O11P. The van der Waals surface area contributed by atoms with Gasteiger partial charge in [0.15, 0.2) is 17.0 Å². The Kier molecular flexibility index (Phi) is 13.5. The summed E-state index contributed by atoms with van der Waals surface area (Å²) in [5.74, 6) is 0.661. The Morgan fingerprint density at radius 2 is 1.62 bits per heavy atom. The van der Waals surface area contributed by atoms with Gasteiger partial charge in [-0.1, -0.05) is 0 Å². The van der Waals surface area contributed by atoms with E-state index in [1.54, 1.807) is 38.6 Å². The maximum Gasteiger partial charge on any atom is 0.510 e. The van der Waals surface area contributed by atoms with Gasteiger partial charge in [-0.15, -0.1) is 0 Å². The minimum atomic E-state index is -4.08. The molecule has 0 saturated carbocycles. The van der Waals surface area contributed by atoms with Crippen LogP contribution in [0.25, 0.3) is 11.2 Å². The summed E-state index contributed by atoms with van der Waals surface area (Å²) in [6.07, 6.45) is -0.242. The third-order valence-corrected chi connectivity index (χ3v) is 6.64. The fourth-order valence-electron chi connectivity index (χ4n) is 3.12. The summed E-state index contributed by atoms with van der Waals surface area (Å²) in [5.41, 5.74) is 1.13. The maximum absolute atomic E-state index is 13.1. The molecule has 0 spiro atoms. The second kappa shape index (κ2) is 16.3. The van der Waals surface area contributed by atoms with Crippen LogP contribution in [0.1, 0.15) is 47.1 Å². The molecule has 1 N–H and O–H groups in total. The van der Waals surface area contributed by atoms with Gasteiger partial charge in [-0.3, -0.25) is 13.6 Å². The van der Waals surface area contributed by atoms with Gasteiger partial charge in [0.2, 0.25) is 13.6 Å². The number of aliphatic hydroxyl groups is 1. The lowest BCUT2D eigenvalue weighted by Gasteiger charge is -2.20. The van der Waals surface area contributed by atoms with Gasteiger partial charge < -0.3 is 38.3 Å². The number of fused-ring (bicyclic) bond motifs is 1. The summed E-state index contributed by atoms with van der Waals surface area (Å²) >= 11 is 0. The van der Waals surface area contributed by atoms with Gasteiger partial charge in [0.05, 0.1) is 31.2 Å². The fraction of sp³-hybridized carbons (Fsp3) is 0.696. The summed E-state index contributed by atoms with van der Waals surface area (Å²) in [6, 6.07) is -0.468. The van der Waals surface area contributed by atoms with Crippen LogP contribution in [-0.2, 0) is 37.3 Å². The van der Waals surface area contributed by atoms with Crippen LogP contribution in [0.4, 0.5) is 15.4 Å². The number of ether oxygens (including phenoxy) is 5. The number of aromatic nitrogens is 4. The summed E-state index contributed by atoms with van der Waals surface area (Å²) in [6.45, 7) is 7.43. The SMILES string of the molecule is CCN(C)c1ncnc2c1ncn2C(CO)CCOCP(=O)(OCOC(=O)OC(C)C)OCOC(=O)OC(C)C. The molecule has 2 aromatic rings. The fourth-order valence-corrected chi connectivity index (χ4v) is 4.13. The molecule has 16 nitrogen and oxygen atoms in total. The van der Waals surface area contributed by atoms with Gasteiger partial charge in [0, 0.05) is 20.2 Å². The van der Waals surface area contributed by atoms with Crippen molar-refractivity contribution in [3.05, 3.63) is 12.7 Å². The van der Waals surface area contributed by atoms with E-state index in [9.17, 15) is 19.3 Å². The largest absolute Gasteiger partial charge is 0.510 e. The molecule has 0 amide bonds. The second-order valence-corrected chi connectivity index (χ2v) is 10.9. The summed E-state index contributed by atoms with van der Waals surface area (Å²) in [7, 11) is -2.20. The van der Waals surface area contributed by atoms with Gasteiger partial charge in [-0.05, 0) is 41.0 Å². The molecule has 0 radical (unpaired) electrons. The Hall–Kier alpha value is -3.04. The first kappa shape index (κ1) is 33.2. The molecule has 2 aromatic heterocycles. The molecule has 1 unspecified atom stereocenters. The number of carbonyl (C=O) groups is 2. The zero-order valence-corrected chi connectivity index (χ0v) is 24.4. The average Bonchev–Trinajstić information content (AvgIpc) is 3.31. The van der Waals surface area contributed by atoms with Crippen molar-refractivity contribution in [1.29, 1.82) is 0 Å². The van der Waals surface area contributed by atoms with Crippen molar-refractivity contribution in [2.24, 2.45) is 0 Å². The van der Waals surface area contributed by atoms with Crippen LogP contribution >= 0.6 is 7.60 Å². The molecule has 0 bridgehead atoms. The summed E-state index contributed by atoms with van der Waals surface area (Å²) < 4.78 is 49.7. The van der Waals surface area contributed by atoms with E-state index in [0.717, 1.165) is 0 Å². The van der Waals surface area contributed by atoms with E-state index in [1.807, 2.05) is 18.9 Å². The van der Waals surface area contributed by atoms with Crippen molar-refractivity contribution in [1.82, 2.24) is 19.5 Å². The van der Waals surface area contributed by atoms with E-state index in [-0.39, 0.29) is 19.6 Å². The van der Waals surface area contributed by atoms with E-state index in [2.05, 4.69) is 15.0 Å². The highest BCUT2D eigenvalue weighted by atomic mass is 31.2. The van der Waals surface area contributed by atoms with Gasteiger partial charge in [-0.2, -0.15) is 0 Å². The number of nitrogens with zero attached hydrogens (tertiary/aromatic N) is 5. The lowest BCUT2D eigenvalue weighted by molar-refractivity contribution is -0.0345. The lowest BCUT2D eigenvalue weighted by atomic mass is 10.2. The standard InChI is InChI=1S/C23H38N5O11P/c1-7-27(6)20-19-21(25-11-24-20)28(12-26-19)18(10-29)8-9-33-15-40(32,36-13-34-22(30)38-16(2)3)37-14-35-23(31)39-17(4)5/h11-12,16-18,29H,7-10,13-15H2,1-6H3. The highest BCUT2D eigenvalue weighted by molar-refractivity contribution is 7.53. The van der Waals surface area contributed by atoms with Gasteiger partial charge in [0.25, 0.3) is 0 Å². The van der Waals surface area contributed by atoms with E-state index in [1.165, 1.54) is 6.33 Å². The van der Waals surface area contributed by atoms with Gasteiger partial charge >= 0.3 is 19.9 Å². The third-order valence-electron chi connectivity index (χ3n) is 5.14. The summed E-state index contributed by atoms with van der Waals surface area (Å²) in [5, 5.41) is 10.0. The Bertz CT molecular complexity index is 1100. The molecule has 0 aliphatic heterocycles. The first-order chi connectivity index (χ1) is 19.0. The Labute approximate surface area is 232 Å². The lowest BCUT2D eigenvalue weighted by Crippen LogP contribution is -2.19. The normalized spacial score (nSPS) is 12.5. The van der Waals surface area contributed by atoms with Crippen molar-refractivity contribution >= 4 is 36.9 Å². The molecule has 0 aliphatic rings. The van der Waals surface area contributed by atoms with Crippen molar-refractivity contribution in [3.63, 3.8) is 0 Å². The van der Waals surface area contributed by atoms with Crippen LogP contribution in [0.15, 0.2) is 12.7 Å². The zero-order chi connectivity index (χ0) is 29.7. The predicted octanol–water partition coefficient (Wildman–Crippen LogP) is 3.44. The number of carbonyl (C=O) groups excluding carboxylic acids is 2. The minimum absolute atomic E-state index is 0.0148. The molecule has 226 valence electrons. The molecule has 2 heterocycles. The maximum atomic E-state index is 13.1. The van der Waals surface area contributed by atoms with E-state index >= 15 is 0 Å². The van der Waals surface area contributed by atoms with E-state index in [0.29, 0.717) is 23.5 Å². The molecule has 0 aromatic carbocycles. The van der Waals surface area contributed by atoms with Crippen LogP contribution in [-0.4, -0.2) is 95.9 Å². The van der Waals surface area contributed by atoms with Crippen molar-refractivity contribution in [3.8, 4) is 0 Å². The van der Waals surface area contributed by atoms with E-state index < -0.39 is 58.1 Å². The van der Waals surface area contributed by atoms with Crippen LogP contribution in [0, 0.1) is 0 Å². The monoisotopic (exact) mass is 591 g/mol. The second-order valence-electron chi connectivity index (χ2n) is 8.92. The van der Waals surface area contributed by atoms with Crippen molar-refractivity contribution in [2.75, 3.05) is 51.6 Å². The first-order valence-electron chi connectivity index (χ1n) is 12.6. The quantitative estimate of drug-likeness (QED) is 0.122. The number of aliphatic hydroxyl groups excluding tert-OH is 1. The number of hydrogen-bond donors (Lipinski definition) is 1. The highest BCUT2D eigenvalue weighted by Gasteiger charge is 2.28. The zero-order valence-electron chi connectivity index (χ0n) is 23.5. The van der Waals surface area contributed by atoms with Crippen LogP contribution in [0.2, 0.25) is 0 Å². The Morgan fingerprint density at radius 1 is 1.02 bits per heavy atom. The first-order valence-corrected chi connectivity index (χ1v) is 14.3. The molecular weight excluding hydrogens is 553 g/mol. The topological polar surface area (TPSA) is 183 Å². The molecule has 0 aliphatic carbocycles. The number of rotatable bonds is 17. The van der Waals surface area contributed by atoms with Crippen LogP contribution in [0.5, 0.6) is 0 Å². The van der Waals surface area contributed by atoms with E-state index in [4.69, 9.17) is 32.7 Å². The van der Waals surface area contributed by atoms with Crippen LogP contribution in [0.3, 0.4) is 0 Å². The molecule has 0 saturated heterocycles. The Morgan fingerprint density at radius 3 is 2.15 bits per heavy atom. The number of imidazole rings is 1. The van der Waals surface area contributed by atoms with Gasteiger partial charge in [-0.25, -0.2) is 24.5 Å². The molecule has 17 heteroatoms. The molecule has 2 rings (SSSR count). The highest BCUT2D eigenvalue weighted by Crippen LogP contribution is 2.48. The third kappa shape index (κ3) is 10.5. The number of anilines is 1. The number of hydrogen-bond acceptors (Lipinski definition) is 15. The molecule has 40 heavy (non-hydrogen) atoms. The van der Waals surface area contributed by atoms with Crippen molar-refractivity contribution in [2.45, 2.75) is 59.3 Å². The predicted molar refractivity (Wildman–Crippen MR) is 141 cm³/mol. The Balaban J connectivity index is 1.99. The average molecular weight is 592 g/mol. The smallest absolute Gasteiger partial charge is 0.432 e. The molecule has 0 fully saturated rings. The molecule has 1 atom stereocenters. The van der Waals surface area contributed by atoms with Crippen LogP contribution < -0.4 is 4.90 Å². The minimum Gasteiger partial charge on any atom is -0.432 e. The van der Waals surface area contributed by atoms with Gasteiger partial charge in [0.1, 0.15) is 12.7 Å². The summed E-state index contributed by atoms with van der Waals surface area (Å²) in [4.78, 5) is 38.1.